The van der Waals surface area contributed by atoms with Crippen molar-refractivity contribution in [2.24, 2.45) is 7.05 Å². The first kappa shape index (κ1) is 19.3. The van der Waals surface area contributed by atoms with Crippen LogP contribution < -0.4 is 15.6 Å². The Morgan fingerprint density at radius 1 is 1.22 bits per heavy atom. The Balaban J connectivity index is 2.07. The van der Waals surface area contributed by atoms with Gasteiger partial charge in [0.2, 0.25) is 0 Å². The van der Waals surface area contributed by atoms with Crippen LogP contribution in [-0.4, -0.2) is 44.1 Å². The van der Waals surface area contributed by atoms with E-state index in [1.165, 1.54) is 11.3 Å². The van der Waals surface area contributed by atoms with Gasteiger partial charge in [-0.3, -0.25) is 9.59 Å². The summed E-state index contributed by atoms with van der Waals surface area (Å²) in [5.74, 6) is -0.0382. The largest absolute Gasteiger partial charge is 0.465 e. The number of para-hydroxylation sites is 1. The van der Waals surface area contributed by atoms with Crippen LogP contribution in [0.3, 0.4) is 0 Å². The molecule has 1 amide bonds. The number of carbonyl (C=O) groups is 1. The molecule has 0 saturated carbocycles. The highest BCUT2D eigenvalue weighted by atomic mass is 32.1. The number of carbonyl (C=O) groups excluding carboxylic acids is 1. The van der Waals surface area contributed by atoms with E-state index in [0.29, 0.717) is 30.1 Å². The Morgan fingerprint density at radius 2 is 1.96 bits per heavy atom. The van der Waals surface area contributed by atoms with Gasteiger partial charge in [-0.25, -0.2) is 0 Å². The molecule has 0 bridgehead atoms. The molecule has 0 aliphatic rings. The molecule has 144 valence electrons. The van der Waals surface area contributed by atoms with Crippen LogP contribution in [0, 0.1) is 0 Å². The van der Waals surface area contributed by atoms with Gasteiger partial charge in [-0.2, -0.15) is 0 Å². The molecule has 0 unspecified atom stereocenters. The Bertz CT molecular complexity index is 1020. The van der Waals surface area contributed by atoms with E-state index in [9.17, 15) is 9.59 Å². The standard InChI is InChI=1S/C19H22N2O5S/c1-4-24-9-10-25-11-26-15-14-16(27-17(15)18(22)20-2)12-7-5-6-8-13(12)21(3)19(14)23/h5-8H,4,9-11H2,1-3H3,(H,20,22). The first-order valence-corrected chi connectivity index (χ1v) is 9.46. The van der Waals surface area contributed by atoms with Crippen LogP contribution in [0.5, 0.6) is 5.75 Å². The van der Waals surface area contributed by atoms with Gasteiger partial charge in [0, 0.05) is 26.1 Å². The number of fused-ring (bicyclic) bond motifs is 3. The summed E-state index contributed by atoms with van der Waals surface area (Å²) in [6.07, 6.45) is 0. The molecule has 7 nitrogen and oxygen atoms in total. The molecule has 0 aliphatic carbocycles. The molecular formula is C19H22N2O5S. The summed E-state index contributed by atoms with van der Waals surface area (Å²) in [7, 11) is 3.26. The van der Waals surface area contributed by atoms with E-state index in [4.69, 9.17) is 14.2 Å². The van der Waals surface area contributed by atoms with Crippen molar-refractivity contribution in [3.8, 4) is 5.75 Å². The van der Waals surface area contributed by atoms with Gasteiger partial charge in [-0.05, 0) is 13.0 Å². The van der Waals surface area contributed by atoms with E-state index < -0.39 is 0 Å². The molecule has 0 atom stereocenters. The lowest BCUT2D eigenvalue weighted by Gasteiger charge is -2.10. The quantitative estimate of drug-likeness (QED) is 0.472. The van der Waals surface area contributed by atoms with Gasteiger partial charge in [0.15, 0.2) is 12.5 Å². The minimum Gasteiger partial charge on any atom is -0.465 e. The van der Waals surface area contributed by atoms with Crippen molar-refractivity contribution in [1.82, 2.24) is 9.88 Å². The average Bonchev–Trinajstić information content (AvgIpc) is 3.08. The second-order valence-corrected chi connectivity index (χ2v) is 6.81. The molecule has 1 aromatic carbocycles. The summed E-state index contributed by atoms with van der Waals surface area (Å²) >= 11 is 1.25. The maximum Gasteiger partial charge on any atom is 0.264 e. The van der Waals surface area contributed by atoms with Crippen molar-refractivity contribution in [3.63, 3.8) is 0 Å². The SMILES string of the molecule is CCOCCOCOc1c(C(=O)NC)sc2c1c(=O)n(C)c1ccccc21. The Hall–Kier alpha value is -2.42. The molecular weight excluding hydrogens is 368 g/mol. The second kappa shape index (κ2) is 8.51. The molecule has 2 heterocycles. The van der Waals surface area contributed by atoms with Gasteiger partial charge in [-0.15, -0.1) is 11.3 Å². The molecule has 2 aromatic heterocycles. The minimum atomic E-state index is -0.299. The van der Waals surface area contributed by atoms with Crippen molar-refractivity contribution >= 4 is 38.2 Å². The number of rotatable bonds is 8. The van der Waals surface area contributed by atoms with E-state index in [1.54, 1.807) is 18.7 Å². The maximum atomic E-state index is 13.0. The van der Waals surface area contributed by atoms with Crippen molar-refractivity contribution in [2.45, 2.75) is 6.92 Å². The number of hydrogen-bond donors (Lipinski definition) is 1. The Morgan fingerprint density at radius 3 is 2.70 bits per heavy atom. The number of amides is 1. The fraction of sp³-hybridized carbons (Fsp3) is 0.368. The predicted octanol–water partition coefficient (Wildman–Crippen LogP) is 2.50. The summed E-state index contributed by atoms with van der Waals surface area (Å²) in [5, 5.41) is 3.90. The van der Waals surface area contributed by atoms with Crippen LogP contribution >= 0.6 is 11.3 Å². The highest BCUT2D eigenvalue weighted by Crippen LogP contribution is 2.39. The first-order valence-electron chi connectivity index (χ1n) is 8.64. The number of hydrogen-bond acceptors (Lipinski definition) is 6. The van der Waals surface area contributed by atoms with Crippen molar-refractivity contribution in [3.05, 3.63) is 39.5 Å². The minimum absolute atomic E-state index is 0.0706. The molecule has 0 spiro atoms. The van der Waals surface area contributed by atoms with E-state index in [2.05, 4.69) is 5.32 Å². The topological polar surface area (TPSA) is 78.8 Å². The van der Waals surface area contributed by atoms with Crippen LogP contribution in [0.2, 0.25) is 0 Å². The predicted molar refractivity (Wildman–Crippen MR) is 106 cm³/mol. The number of aryl methyl sites for hydroxylation is 1. The zero-order valence-corrected chi connectivity index (χ0v) is 16.4. The molecule has 0 saturated heterocycles. The third-order valence-corrected chi connectivity index (χ3v) is 5.39. The third kappa shape index (κ3) is 3.69. The van der Waals surface area contributed by atoms with E-state index >= 15 is 0 Å². The number of ether oxygens (including phenoxy) is 3. The fourth-order valence-corrected chi connectivity index (χ4v) is 4.07. The van der Waals surface area contributed by atoms with Crippen LogP contribution in [0.25, 0.3) is 21.0 Å². The number of nitrogens with zero attached hydrogens (tertiary/aromatic N) is 1. The summed E-state index contributed by atoms with van der Waals surface area (Å²) in [6, 6.07) is 7.60. The zero-order valence-electron chi connectivity index (χ0n) is 15.5. The van der Waals surface area contributed by atoms with Crippen molar-refractivity contribution in [1.29, 1.82) is 0 Å². The molecule has 3 aromatic rings. The van der Waals surface area contributed by atoms with E-state index in [1.807, 2.05) is 31.2 Å². The number of nitrogens with one attached hydrogen (secondary N) is 1. The van der Waals surface area contributed by atoms with E-state index in [-0.39, 0.29) is 24.0 Å². The average molecular weight is 390 g/mol. The molecule has 8 heteroatoms. The lowest BCUT2D eigenvalue weighted by molar-refractivity contribution is -0.0145. The third-order valence-electron chi connectivity index (χ3n) is 4.19. The summed E-state index contributed by atoms with van der Waals surface area (Å²) in [4.78, 5) is 25.7. The highest BCUT2D eigenvalue weighted by molar-refractivity contribution is 7.22. The number of benzene rings is 1. The molecule has 0 fully saturated rings. The summed E-state index contributed by atoms with van der Waals surface area (Å²) in [6.45, 7) is 3.27. The van der Waals surface area contributed by atoms with Crippen LogP contribution in [0.1, 0.15) is 16.6 Å². The smallest absolute Gasteiger partial charge is 0.264 e. The molecule has 0 aliphatic heterocycles. The van der Waals surface area contributed by atoms with Gasteiger partial charge < -0.3 is 24.1 Å². The summed E-state index contributed by atoms with van der Waals surface area (Å²) in [5.41, 5.74) is 0.596. The fourth-order valence-electron chi connectivity index (χ4n) is 2.86. The number of thiophene rings is 1. The molecule has 3 rings (SSSR count). The van der Waals surface area contributed by atoms with Gasteiger partial charge in [0.05, 0.1) is 23.4 Å². The monoisotopic (exact) mass is 390 g/mol. The highest BCUT2D eigenvalue weighted by Gasteiger charge is 2.24. The van der Waals surface area contributed by atoms with Crippen molar-refractivity contribution in [2.75, 3.05) is 33.7 Å². The lowest BCUT2D eigenvalue weighted by atomic mass is 10.1. The summed E-state index contributed by atoms with van der Waals surface area (Å²) < 4.78 is 18.6. The van der Waals surface area contributed by atoms with Gasteiger partial charge in [0.1, 0.15) is 10.3 Å². The number of pyridine rings is 1. The van der Waals surface area contributed by atoms with Crippen molar-refractivity contribution < 1.29 is 19.0 Å². The maximum absolute atomic E-state index is 13.0. The Labute approximate surface area is 160 Å². The lowest BCUT2D eigenvalue weighted by Crippen LogP contribution is -2.20. The zero-order chi connectivity index (χ0) is 19.4. The molecule has 1 N–H and O–H groups in total. The van der Waals surface area contributed by atoms with Crippen LogP contribution in [0.15, 0.2) is 29.1 Å². The van der Waals surface area contributed by atoms with E-state index in [0.717, 1.165) is 15.6 Å². The van der Waals surface area contributed by atoms with Gasteiger partial charge >= 0.3 is 0 Å². The van der Waals surface area contributed by atoms with Gasteiger partial charge in [-0.1, -0.05) is 18.2 Å². The second-order valence-electron chi connectivity index (χ2n) is 5.79. The van der Waals surface area contributed by atoms with Crippen LogP contribution in [0.4, 0.5) is 0 Å². The van der Waals surface area contributed by atoms with Crippen LogP contribution in [-0.2, 0) is 16.5 Å². The van der Waals surface area contributed by atoms with Gasteiger partial charge in [0.25, 0.3) is 11.5 Å². The number of aromatic nitrogens is 1. The molecule has 27 heavy (non-hydrogen) atoms. The first-order chi connectivity index (χ1) is 13.1. The normalized spacial score (nSPS) is 11.2. The Kier molecular flexibility index (Phi) is 6.10. The molecule has 0 radical (unpaired) electrons.